The van der Waals surface area contributed by atoms with E-state index < -0.39 is 6.36 Å². The Balaban J connectivity index is 1.93. The summed E-state index contributed by atoms with van der Waals surface area (Å²) in [6.45, 7) is 1.43. The van der Waals surface area contributed by atoms with Crippen LogP contribution in [0.1, 0.15) is 6.42 Å². The van der Waals surface area contributed by atoms with Crippen LogP contribution in [0.15, 0.2) is 24.3 Å². The maximum Gasteiger partial charge on any atom is 0.573 e. The number of nitrogens with one attached hydrogen (secondary N) is 2. The van der Waals surface area contributed by atoms with Gasteiger partial charge in [0.05, 0.1) is 5.92 Å². The van der Waals surface area contributed by atoms with Crippen LogP contribution in [0.3, 0.4) is 0 Å². The van der Waals surface area contributed by atoms with Gasteiger partial charge in [0.25, 0.3) is 0 Å². The lowest BCUT2D eigenvalue weighted by Gasteiger charge is -2.11. The van der Waals surface area contributed by atoms with Crippen molar-refractivity contribution in [3.05, 3.63) is 24.3 Å². The van der Waals surface area contributed by atoms with Crippen LogP contribution in [0.25, 0.3) is 0 Å². The van der Waals surface area contributed by atoms with Gasteiger partial charge in [0.1, 0.15) is 5.75 Å². The summed E-state index contributed by atoms with van der Waals surface area (Å²) in [6, 6.07) is 5.08. The fraction of sp³-hybridized carbons (Fsp3) is 0.417. The molecule has 104 valence electrons. The summed E-state index contributed by atoms with van der Waals surface area (Å²) < 4.78 is 39.6. The zero-order valence-electron chi connectivity index (χ0n) is 9.96. The molecule has 2 rings (SSSR count). The van der Waals surface area contributed by atoms with Gasteiger partial charge in [-0.3, -0.25) is 4.79 Å². The van der Waals surface area contributed by atoms with Crippen LogP contribution < -0.4 is 15.4 Å². The van der Waals surface area contributed by atoms with Crippen molar-refractivity contribution >= 4 is 11.6 Å². The highest BCUT2D eigenvalue weighted by molar-refractivity contribution is 5.92. The molecule has 0 aliphatic carbocycles. The van der Waals surface area contributed by atoms with Crippen molar-refractivity contribution in [1.29, 1.82) is 0 Å². The lowest BCUT2D eigenvalue weighted by molar-refractivity contribution is -0.274. The van der Waals surface area contributed by atoms with Gasteiger partial charge >= 0.3 is 6.36 Å². The zero-order chi connectivity index (χ0) is 13.9. The number of amides is 1. The summed E-state index contributed by atoms with van der Waals surface area (Å²) >= 11 is 0. The van der Waals surface area contributed by atoms with Gasteiger partial charge in [-0.2, -0.15) is 0 Å². The fourth-order valence-corrected chi connectivity index (χ4v) is 1.86. The summed E-state index contributed by atoms with van der Waals surface area (Å²) in [5, 5.41) is 5.73. The summed E-state index contributed by atoms with van der Waals surface area (Å²) in [5.74, 6) is -0.534. The third kappa shape index (κ3) is 4.13. The van der Waals surface area contributed by atoms with Crippen LogP contribution in [0.2, 0.25) is 0 Å². The third-order valence-electron chi connectivity index (χ3n) is 2.79. The van der Waals surface area contributed by atoms with E-state index in [0.29, 0.717) is 12.2 Å². The molecule has 19 heavy (non-hydrogen) atoms. The number of carbonyl (C=O) groups is 1. The Labute approximate surface area is 107 Å². The topological polar surface area (TPSA) is 50.4 Å². The van der Waals surface area contributed by atoms with Crippen molar-refractivity contribution < 1.29 is 22.7 Å². The number of carbonyl (C=O) groups excluding carboxylic acids is 1. The quantitative estimate of drug-likeness (QED) is 0.887. The van der Waals surface area contributed by atoms with Gasteiger partial charge < -0.3 is 15.4 Å². The minimum absolute atomic E-state index is 0.0916. The van der Waals surface area contributed by atoms with E-state index in [1.54, 1.807) is 0 Å². The van der Waals surface area contributed by atoms with E-state index in [1.807, 2.05) is 0 Å². The lowest BCUT2D eigenvalue weighted by Crippen LogP contribution is -2.24. The smallest absolute Gasteiger partial charge is 0.406 e. The molecule has 0 radical (unpaired) electrons. The van der Waals surface area contributed by atoms with Crippen LogP contribution in [0, 0.1) is 5.92 Å². The summed E-state index contributed by atoms with van der Waals surface area (Å²) in [5.41, 5.74) is 0.450. The van der Waals surface area contributed by atoms with E-state index >= 15 is 0 Å². The molecule has 2 N–H and O–H groups in total. The monoisotopic (exact) mass is 274 g/mol. The Morgan fingerprint density at radius 3 is 2.53 bits per heavy atom. The molecule has 1 amide bonds. The number of halogens is 3. The Hall–Kier alpha value is -1.76. The van der Waals surface area contributed by atoms with Crippen molar-refractivity contribution in [3.63, 3.8) is 0 Å². The van der Waals surface area contributed by atoms with Crippen molar-refractivity contribution in [1.82, 2.24) is 5.32 Å². The van der Waals surface area contributed by atoms with Crippen molar-refractivity contribution in [2.24, 2.45) is 5.92 Å². The highest BCUT2D eigenvalue weighted by Crippen LogP contribution is 2.24. The van der Waals surface area contributed by atoms with Gasteiger partial charge in [-0.1, -0.05) is 0 Å². The average Bonchev–Trinajstić information content (AvgIpc) is 2.83. The van der Waals surface area contributed by atoms with Gasteiger partial charge in [0, 0.05) is 12.2 Å². The van der Waals surface area contributed by atoms with Crippen LogP contribution in [-0.2, 0) is 4.79 Å². The predicted octanol–water partition coefficient (Wildman–Crippen LogP) is 2.13. The molecule has 1 heterocycles. The zero-order valence-corrected chi connectivity index (χ0v) is 9.96. The second-order valence-electron chi connectivity index (χ2n) is 4.25. The van der Waals surface area contributed by atoms with Gasteiger partial charge in [-0.15, -0.1) is 13.2 Å². The molecule has 0 unspecified atom stereocenters. The molecular weight excluding hydrogens is 261 g/mol. The molecule has 0 saturated carbocycles. The molecule has 7 heteroatoms. The van der Waals surface area contributed by atoms with Crippen LogP contribution in [0.5, 0.6) is 5.75 Å². The van der Waals surface area contributed by atoms with Gasteiger partial charge in [0.15, 0.2) is 0 Å². The number of benzene rings is 1. The van der Waals surface area contributed by atoms with E-state index in [1.165, 1.54) is 12.1 Å². The fourth-order valence-electron chi connectivity index (χ4n) is 1.86. The minimum Gasteiger partial charge on any atom is -0.406 e. The number of hydrogen-bond donors (Lipinski definition) is 2. The first-order chi connectivity index (χ1) is 8.94. The molecule has 1 atom stereocenters. The second-order valence-corrected chi connectivity index (χ2v) is 4.25. The Kier molecular flexibility index (Phi) is 3.94. The molecular formula is C12H13F3N2O2. The first-order valence-corrected chi connectivity index (χ1v) is 5.81. The summed E-state index contributed by atoms with van der Waals surface area (Å²) in [6.07, 6.45) is -3.94. The molecule has 1 aromatic rings. The van der Waals surface area contributed by atoms with E-state index in [-0.39, 0.29) is 17.6 Å². The molecule has 0 bridgehead atoms. The van der Waals surface area contributed by atoms with Crippen molar-refractivity contribution in [2.45, 2.75) is 12.8 Å². The molecule has 4 nitrogen and oxygen atoms in total. The van der Waals surface area contributed by atoms with Crippen LogP contribution >= 0.6 is 0 Å². The largest absolute Gasteiger partial charge is 0.573 e. The summed E-state index contributed by atoms with van der Waals surface area (Å²) in [4.78, 5) is 11.8. The number of alkyl halides is 3. The maximum absolute atomic E-state index is 12.0. The van der Waals surface area contributed by atoms with Gasteiger partial charge in [-0.25, -0.2) is 0 Å². The third-order valence-corrected chi connectivity index (χ3v) is 2.79. The Morgan fingerprint density at radius 2 is 2.00 bits per heavy atom. The highest BCUT2D eigenvalue weighted by atomic mass is 19.4. The second kappa shape index (κ2) is 5.48. The van der Waals surface area contributed by atoms with Crippen LogP contribution in [-0.4, -0.2) is 25.4 Å². The Morgan fingerprint density at radius 1 is 1.32 bits per heavy atom. The maximum atomic E-state index is 12.0. The lowest BCUT2D eigenvalue weighted by atomic mass is 10.1. The standard InChI is InChI=1S/C12H13F3N2O2/c13-12(14,15)19-10-3-1-9(2-4-10)17-11(18)8-5-6-16-7-8/h1-4,8,16H,5-7H2,(H,17,18)/t8-/m1/s1. The first kappa shape index (κ1) is 13.7. The van der Waals surface area contributed by atoms with E-state index in [9.17, 15) is 18.0 Å². The summed E-state index contributed by atoms with van der Waals surface area (Å²) in [7, 11) is 0. The van der Waals surface area contributed by atoms with Crippen molar-refractivity contribution in [2.75, 3.05) is 18.4 Å². The number of anilines is 1. The average molecular weight is 274 g/mol. The van der Waals surface area contributed by atoms with Crippen LogP contribution in [0.4, 0.5) is 18.9 Å². The number of ether oxygens (including phenoxy) is 1. The van der Waals surface area contributed by atoms with E-state index in [4.69, 9.17) is 0 Å². The normalized spacial score (nSPS) is 19.2. The highest BCUT2D eigenvalue weighted by Gasteiger charge is 2.31. The van der Waals surface area contributed by atoms with Gasteiger partial charge in [-0.05, 0) is 37.2 Å². The van der Waals surface area contributed by atoms with E-state index in [2.05, 4.69) is 15.4 Å². The first-order valence-electron chi connectivity index (χ1n) is 5.81. The van der Waals surface area contributed by atoms with E-state index in [0.717, 1.165) is 25.1 Å². The SMILES string of the molecule is O=C(Nc1ccc(OC(F)(F)F)cc1)[C@@H]1CCNC1. The minimum atomic E-state index is -4.71. The predicted molar refractivity (Wildman–Crippen MR) is 62.7 cm³/mol. The molecule has 0 spiro atoms. The molecule has 1 aromatic carbocycles. The molecule has 1 aliphatic rings. The Bertz CT molecular complexity index is 439. The molecule has 1 saturated heterocycles. The van der Waals surface area contributed by atoms with Gasteiger partial charge in [0.2, 0.25) is 5.91 Å². The number of rotatable bonds is 3. The number of hydrogen-bond acceptors (Lipinski definition) is 3. The molecule has 1 fully saturated rings. The molecule has 0 aromatic heterocycles. The molecule has 1 aliphatic heterocycles. The van der Waals surface area contributed by atoms with Crippen molar-refractivity contribution in [3.8, 4) is 5.75 Å².